The number of ether oxygens (including phenoxy) is 1. The van der Waals surface area contributed by atoms with E-state index in [2.05, 4.69) is 20.5 Å². The highest BCUT2D eigenvalue weighted by molar-refractivity contribution is 7.99. The monoisotopic (exact) mass is 399 g/mol. The molecule has 0 aliphatic carbocycles. The van der Waals surface area contributed by atoms with Crippen molar-refractivity contribution in [2.75, 3.05) is 12.4 Å². The number of Topliss-reactive ketones (excluding diaryl/α,β-unsaturated/α-hetero) is 1. The summed E-state index contributed by atoms with van der Waals surface area (Å²) in [5.41, 5.74) is 3.98. The number of ketones is 1. The number of aromatic nitrogens is 5. The number of tetrazole rings is 1. The van der Waals surface area contributed by atoms with Gasteiger partial charge < -0.3 is 9.72 Å². The molecule has 0 saturated carbocycles. The van der Waals surface area contributed by atoms with Gasteiger partial charge in [0.25, 0.3) is 0 Å². The first-order chi connectivity index (χ1) is 13.4. The van der Waals surface area contributed by atoms with Crippen LogP contribution < -0.4 is 0 Å². The van der Waals surface area contributed by atoms with E-state index in [0.29, 0.717) is 27.7 Å². The molecule has 0 fully saturated rings. The van der Waals surface area contributed by atoms with Gasteiger partial charge in [0, 0.05) is 11.3 Å². The lowest BCUT2D eigenvalue weighted by Gasteiger charge is -2.05. The van der Waals surface area contributed by atoms with Crippen molar-refractivity contribution in [1.29, 1.82) is 0 Å². The fourth-order valence-electron chi connectivity index (χ4n) is 2.97. The van der Waals surface area contributed by atoms with Crippen LogP contribution in [0.3, 0.4) is 0 Å². The summed E-state index contributed by atoms with van der Waals surface area (Å²) in [5.74, 6) is -0.419. The molecule has 146 valence electrons. The van der Waals surface area contributed by atoms with Crippen LogP contribution in [-0.2, 0) is 4.74 Å². The Labute approximate surface area is 166 Å². The van der Waals surface area contributed by atoms with E-state index < -0.39 is 5.97 Å². The Balaban J connectivity index is 1.78. The second-order valence-corrected chi connectivity index (χ2v) is 7.21. The Hall–Kier alpha value is -2.94. The van der Waals surface area contributed by atoms with Crippen LogP contribution in [-0.4, -0.2) is 49.3 Å². The van der Waals surface area contributed by atoms with Crippen LogP contribution in [0, 0.1) is 20.8 Å². The lowest BCUT2D eigenvalue weighted by Crippen LogP contribution is -2.09. The number of hydrogen-bond acceptors (Lipinski definition) is 7. The number of benzene rings is 1. The van der Waals surface area contributed by atoms with Crippen molar-refractivity contribution in [2.24, 2.45) is 0 Å². The van der Waals surface area contributed by atoms with Crippen LogP contribution in [0.25, 0.3) is 5.69 Å². The largest absolute Gasteiger partial charge is 0.461 e. The zero-order valence-electron chi connectivity index (χ0n) is 16.1. The van der Waals surface area contributed by atoms with E-state index >= 15 is 0 Å². The molecule has 1 aromatic carbocycles. The third kappa shape index (κ3) is 3.99. The predicted octanol–water partition coefficient (Wildman–Crippen LogP) is 3.07. The number of aromatic amines is 1. The maximum atomic E-state index is 12.8. The molecule has 9 heteroatoms. The van der Waals surface area contributed by atoms with Crippen LogP contribution >= 0.6 is 11.8 Å². The summed E-state index contributed by atoms with van der Waals surface area (Å²) in [7, 11) is 0. The van der Waals surface area contributed by atoms with Crippen molar-refractivity contribution in [1.82, 2.24) is 25.2 Å². The second kappa shape index (κ2) is 8.39. The molecular formula is C19H21N5O3S. The van der Waals surface area contributed by atoms with E-state index in [9.17, 15) is 9.59 Å². The Kier molecular flexibility index (Phi) is 5.93. The molecule has 0 atom stereocenters. The van der Waals surface area contributed by atoms with Gasteiger partial charge in [-0.15, -0.1) is 5.10 Å². The summed E-state index contributed by atoms with van der Waals surface area (Å²) in [6.07, 6.45) is 0. The summed E-state index contributed by atoms with van der Waals surface area (Å²) < 4.78 is 6.64. The van der Waals surface area contributed by atoms with Gasteiger partial charge in [0.2, 0.25) is 5.16 Å². The quantitative estimate of drug-likeness (QED) is 0.370. The Morgan fingerprint density at radius 1 is 1.25 bits per heavy atom. The predicted molar refractivity (Wildman–Crippen MR) is 105 cm³/mol. The van der Waals surface area contributed by atoms with E-state index in [0.717, 1.165) is 11.3 Å². The van der Waals surface area contributed by atoms with Gasteiger partial charge in [0.05, 0.1) is 18.0 Å². The van der Waals surface area contributed by atoms with E-state index in [-0.39, 0.29) is 18.1 Å². The zero-order valence-corrected chi connectivity index (χ0v) is 17.0. The number of nitrogens with zero attached hydrogens (tertiary/aromatic N) is 4. The van der Waals surface area contributed by atoms with Crippen molar-refractivity contribution in [3.8, 4) is 5.69 Å². The molecule has 0 unspecified atom stereocenters. The molecule has 2 aromatic heterocycles. The highest BCUT2D eigenvalue weighted by atomic mass is 32.2. The van der Waals surface area contributed by atoms with Crippen LogP contribution in [0.2, 0.25) is 0 Å². The summed E-state index contributed by atoms with van der Waals surface area (Å²) in [4.78, 5) is 27.8. The number of H-pyrrole nitrogens is 1. The maximum Gasteiger partial charge on any atom is 0.355 e. The van der Waals surface area contributed by atoms with Crippen molar-refractivity contribution < 1.29 is 14.3 Å². The third-order valence-corrected chi connectivity index (χ3v) is 5.13. The minimum absolute atomic E-state index is 0.106. The fourth-order valence-corrected chi connectivity index (χ4v) is 3.73. The summed E-state index contributed by atoms with van der Waals surface area (Å²) in [6, 6.07) is 7.79. The zero-order chi connectivity index (χ0) is 20.3. The molecule has 8 nitrogen and oxygen atoms in total. The topological polar surface area (TPSA) is 103 Å². The van der Waals surface area contributed by atoms with E-state index in [4.69, 9.17) is 4.74 Å². The van der Waals surface area contributed by atoms with Crippen LogP contribution in [0.1, 0.15) is 44.6 Å². The fraction of sp³-hybridized carbons (Fsp3) is 0.316. The highest BCUT2D eigenvalue weighted by Crippen LogP contribution is 2.24. The van der Waals surface area contributed by atoms with Gasteiger partial charge in [-0.05, 0) is 61.4 Å². The second-order valence-electron chi connectivity index (χ2n) is 6.27. The van der Waals surface area contributed by atoms with Crippen LogP contribution in [0.15, 0.2) is 29.4 Å². The highest BCUT2D eigenvalue weighted by Gasteiger charge is 2.23. The third-order valence-electron chi connectivity index (χ3n) is 4.22. The number of nitrogens with one attached hydrogen (secondary N) is 1. The smallest absolute Gasteiger partial charge is 0.355 e. The van der Waals surface area contributed by atoms with Gasteiger partial charge in [-0.25, -0.2) is 4.79 Å². The lowest BCUT2D eigenvalue weighted by molar-refractivity contribution is 0.0519. The number of aryl methyl sites for hydroxylation is 2. The first-order valence-corrected chi connectivity index (χ1v) is 9.78. The maximum absolute atomic E-state index is 12.8. The SMILES string of the molecule is CCOC(=O)c1[nH]c(C)c(C(=O)CSc2nnnn2-c2cccc(C)c2)c1C. The average molecular weight is 399 g/mol. The minimum atomic E-state index is -0.460. The van der Waals surface area contributed by atoms with Gasteiger partial charge in [-0.3, -0.25) is 4.79 Å². The van der Waals surface area contributed by atoms with Crippen molar-refractivity contribution >= 4 is 23.5 Å². The number of hydrogen-bond donors (Lipinski definition) is 1. The lowest BCUT2D eigenvalue weighted by atomic mass is 10.1. The Morgan fingerprint density at radius 2 is 2.04 bits per heavy atom. The molecule has 0 bridgehead atoms. The first-order valence-electron chi connectivity index (χ1n) is 8.80. The van der Waals surface area contributed by atoms with Gasteiger partial charge in [-0.2, -0.15) is 4.68 Å². The first kappa shape index (κ1) is 19.8. The molecule has 0 saturated heterocycles. The molecule has 0 amide bonds. The summed E-state index contributed by atoms with van der Waals surface area (Å²) in [6.45, 7) is 7.51. The summed E-state index contributed by atoms with van der Waals surface area (Å²) >= 11 is 1.25. The van der Waals surface area contributed by atoms with Gasteiger partial charge in [-0.1, -0.05) is 23.9 Å². The number of carbonyl (C=O) groups excluding carboxylic acids is 2. The van der Waals surface area contributed by atoms with Gasteiger partial charge >= 0.3 is 5.97 Å². The molecule has 0 spiro atoms. The standard InChI is InChI=1S/C19H21N5O3S/c1-5-27-18(26)17-12(3)16(13(4)20-17)15(25)10-28-19-21-22-23-24(19)14-8-6-7-11(2)9-14/h6-9,20H,5,10H2,1-4H3. The molecule has 3 rings (SSSR count). The Morgan fingerprint density at radius 3 is 2.75 bits per heavy atom. The molecule has 0 aliphatic heterocycles. The normalized spacial score (nSPS) is 10.9. The number of esters is 1. The molecule has 2 heterocycles. The van der Waals surface area contributed by atoms with Crippen molar-refractivity contribution in [3.63, 3.8) is 0 Å². The molecule has 1 N–H and O–H groups in total. The van der Waals surface area contributed by atoms with Gasteiger partial charge in [0.15, 0.2) is 5.78 Å². The minimum Gasteiger partial charge on any atom is -0.461 e. The van der Waals surface area contributed by atoms with E-state index in [1.54, 1.807) is 25.5 Å². The number of rotatable bonds is 7. The van der Waals surface area contributed by atoms with E-state index in [1.165, 1.54) is 11.8 Å². The number of thioether (sulfide) groups is 1. The number of carbonyl (C=O) groups is 2. The molecule has 0 radical (unpaired) electrons. The molecule has 3 aromatic rings. The molecular weight excluding hydrogens is 378 g/mol. The van der Waals surface area contributed by atoms with Crippen LogP contribution in [0.4, 0.5) is 0 Å². The van der Waals surface area contributed by atoms with Gasteiger partial charge in [0.1, 0.15) is 5.69 Å². The van der Waals surface area contributed by atoms with Crippen molar-refractivity contribution in [2.45, 2.75) is 32.9 Å². The Bertz CT molecular complexity index is 1020. The van der Waals surface area contributed by atoms with E-state index in [1.807, 2.05) is 31.2 Å². The molecule has 28 heavy (non-hydrogen) atoms. The van der Waals surface area contributed by atoms with Crippen LogP contribution in [0.5, 0.6) is 0 Å². The summed E-state index contributed by atoms with van der Waals surface area (Å²) in [5, 5.41) is 12.3. The van der Waals surface area contributed by atoms with Crippen molar-refractivity contribution in [3.05, 3.63) is 52.3 Å². The molecule has 0 aliphatic rings. The average Bonchev–Trinajstić information content (AvgIpc) is 3.24.